The Bertz CT molecular complexity index is 459. The smallest absolute Gasteiger partial charge is 0.229 e. The Morgan fingerprint density at radius 1 is 1.36 bits per heavy atom. The van der Waals surface area contributed by atoms with Crippen LogP contribution in [0, 0.1) is 11.3 Å². The molecule has 0 fully saturated rings. The van der Waals surface area contributed by atoms with Crippen molar-refractivity contribution in [2.24, 2.45) is 0 Å². The normalized spacial score (nSPS) is 9.36. The zero-order valence-corrected chi connectivity index (χ0v) is 7.82. The molecule has 14 heavy (non-hydrogen) atoms. The standard InChI is InChI=1S/C8H5N5S/c9-5-6-3-1-2-4-7(6)10-8-11-12-13-14-8/h1-4H,(H,10,11,13). The fraction of sp³-hybridized carbons (Fsp3) is 0. The van der Waals surface area contributed by atoms with E-state index >= 15 is 0 Å². The third-order valence-corrected chi connectivity index (χ3v) is 2.10. The van der Waals surface area contributed by atoms with Crippen molar-refractivity contribution in [1.29, 1.82) is 5.26 Å². The molecule has 1 heterocycles. The van der Waals surface area contributed by atoms with E-state index in [9.17, 15) is 0 Å². The molecule has 1 aromatic heterocycles. The molecular weight excluding hydrogens is 198 g/mol. The number of nitrogens with one attached hydrogen (secondary N) is 1. The minimum absolute atomic E-state index is 0.572. The number of para-hydroxylation sites is 1. The Morgan fingerprint density at radius 2 is 2.21 bits per heavy atom. The van der Waals surface area contributed by atoms with Crippen LogP contribution >= 0.6 is 11.5 Å². The molecule has 6 heteroatoms. The molecule has 0 radical (unpaired) electrons. The van der Waals surface area contributed by atoms with Gasteiger partial charge < -0.3 is 5.32 Å². The van der Waals surface area contributed by atoms with Gasteiger partial charge in [0.25, 0.3) is 0 Å². The second-order valence-electron chi connectivity index (χ2n) is 2.45. The minimum atomic E-state index is 0.572. The van der Waals surface area contributed by atoms with Gasteiger partial charge in [-0.25, -0.2) is 0 Å². The van der Waals surface area contributed by atoms with Crippen LogP contribution in [0.3, 0.4) is 0 Å². The van der Waals surface area contributed by atoms with Crippen molar-refractivity contribution in [3.63, 3.8) is 0 Å². The van der Waals surface area contributed by atoms with Crippen molar-refractivity contribution in [2.45, 2.75) is 0 Å². The second kappa shape index (κ2) is 3.81. The number of nitriles is 1. The average Bonchev–Trinajstić information content (AvgIpc) is 2.71. The summed E-state index contributed by atoms with van der Waals surface area (Å²) in [4.78, 5) is 0. The summed E-state index contributed by atoms with van der Waals surface area (Å²) >= 11 is 1.14. The lowest BCUT2D eigenvalue weighted by molar-refractivity contribution is 0.961. The van der Waals surface area contributed by atoms with Crippen LogP contribution in [-0.2, 0) is 0 Å². The van der Waals surface area contributed by atoms with Crippen LogP contribution in [-0.4, -0.2) is 14.8 Å². The van der Waals surface area contributed by atoms with E-state index in [1.165, 1.54) is 0 Å². The number of nitrogens with zero attached hydrogens (tertiary/aromatic N) is 4. The Hall–Kier alpha value is -2.00. The number of hydrogen-bond acceptors (Lipinski definition) is 6. The highest BCUT2D eigenvalue weighted by molar-refractivity contribution is 7.09. The largest absolute Gasteiger partial charge is 0.328 e. The van der Waals surface area contributed by atoms with E-state index in [0.29, 0.717) is 16.4 Å². The first-order valence-corrected chi connectivity index (χ1v) is 4.58. The first-order valence-electron chi connectivity index (χ1n) is 3.81. The monoisotopic (exact) mass is 203 g/mol. The molecule has 0 spiro atoms. The molecular formula is C8H5N5S. The molecule has 2 aromatic rings. The summed E-state index contributed by atoms with van der Waals surface area (Å²) in [5, 5.41) is 19.5. The van der Waals surface area contributed by atoms with Gasteiger partial charge in [0.2, 0.25) is 5.13 Å². The molecule has 2 rings (SSSR count). The zero-order valence-electron chi connectivity index (χ0n) is 7.01. The number of aromatic nitrogens is 3. The highest BCUT2D eigenvalue weighted by Gasteiger charge is 2.02. The summed E-state index contributed by atoms with van der Waals surface area (Å²) in [6.07, 6.45) is 0. The van der Waals surface area contributed by atoms with Gasteiger partial charge in [0.1, 0.15) is 6.07 Å². The lowest BCUT2D eigenvalue weighted by atomic mass is 10.2. The van der Waals surface area contributed by atoms with Crippen molar-refractivity contribution in [1.82, 2.24) is 14.8 Å². The zero-order chi connectivity index (χ0) is 9.80. The van der Waals surface area contributed by atoms with Crippen molar-refractivity contribution in [2.75, 3.05) is 5.32 Å². The summed E-state index contributed by atoms with van der Waals surface area (Å²) in [5.41, 5.74) is 1.29. The molecule has 5 nitrogen and oxygen atoms in total. The number of hydrogen-bond donors (Lipinski definition) is 1. The molecule has 0 atom stereocenters. The fourth-order valence-corrected chi connectivity index (χ4v) is 1.37. The number of anilines is 2. The van der Waals surface area contributed by atoms with Gasteiger partial charge in [-0.15, -0.1) is 0 Å². The van der Waals surface area contributed by atoms with Crippen LogP contribution in [0.25, 0.3) is 0 Å². The van der Waals surface area contributed by atoms with Gasteiger partial charge in [0.05, 0.1) is 11.3 Å². The van der Waals surface area contributed by atoms with Gasteiger partial charge in [-0.1, -0.05) is 21.7 Å². The predicted molar refractivity (Wildman–Crippen MR) is 52.1 cm³/mol. The Kier molecular flexibility index (Phi) is 2.34. The van der Waals surface area contributed by atoms with Crippen LogP contribution in [0.5, 0.6) is 0 Å². The maximum atomic E-state index is 8.81. The van der Waals surface area contributed by atoms with Crippen molar-refractivity contribution >= 4 is 22.4 Å². The van der Waals surface area contributed by atoms with Crippen molar-refractivity contribution in [3.05, 3.63) is 29.8 Å². The summed E-state index contributed by atoms with van der Waals surface area (Å²) in [6.45, 7) is 0. The lowest BCUT2D eigenvalue weighted by Gasteiger charge is -2.01. The highest BCUT2D eigenvalue weighted by atomic mass is 32.1. The fourth-order valence-electron chi connectivity index (χ4n) is 0.987. The molecule has 0 bridgehead atoms. The molecule has 0 aliphatic carbocycles. The molecule has 0 aliphatic rings. The summed E-state index contributed by atoms with van der Waals surface area (Å²) in [7, 11) is 0. The first-order chi connectivity index (χ1) is 6.90. The summed E-state index contributed by atoms with van der Waals surface area (Å²) in [5.74, 6) is 0. The van der Waals surface area contributed by atoms with Gasteiger partial charge in [0, 0.05) is 11.5 Å². The van der Waals surface area contributed by atoms with Crippen LogP contribution in [0.2, 0.25) is 0 Å². The van der Waals surface area contributed by atoms with Crippen molar-refractivity contribution < 1.29 is 0 Å². The maximum Gasteiger partial charge on any atom is 0.229 e. The van der Waals surface area contributed by atoms with Gasteiger partial charge in [-0.05, 0) is 17.3 Å². The van der Waals surface area contributed by atoms with E-state index in [4.69, 9.17) is 5.26 Å². The predicted octanol–water partition coefficient (Wildman–Crippen LogP) is 1.55. The molecule has 1 N–H and O–H groups in total. The second-order valence-corrected chi connectivity index (χ2v) is 3.18. The van der Waals surface area contributed by atoms with E-state index in [-0.39, 0.29) is 0 Å². The van der Waals surface area contributed by atoms with Gasteiger partial charge in [-0.2, -0.15) is 5.26 Å². The third kappa shape index (κ3) is 1.67. The molecule has 0 aliphatic heterocycles. The highest BCUT2D eigenvalue weighted by Crippen LogP contribution is 2.19. The third-order valence-electron chi connectivity index (χ3n) is 1.59. The first kappa shape index (κ1) is 8.59. The minimum Gasteiger partial charge on any atom is -0.328 e. The van der Waals surface area contributed by atoms with Gasteiger partial charge in [0.15, 0.2) is 0 Å². The molecule has 1 aromatic carbocycles. The Balaban J connectivity index is 2.30. The average molecular weight is 203 g/mol. The van der Waals surface area contributed by atoms with Crippen LogP contribution in [0.15, 0.2) is 24.3 Å². The van der Waals surface area contributed by atoms with E-state index in [1.807, 2.05) is 12.1 Å². The molecule has 0 saturated heterocycles. The molecule has 0 unspecified atom stereocenters. The van der Waals surface area contributed by atoms with Crippen molar-refractivity contribution in [3.8, 4) is 6.07 Å². The van der Waals surface area contributed by atoms with E-state index in [1.54, 1.807) is 12.1 Å². The maximum absolute atomic E-state index is 8.81. The Morgan fingerprint density at radius 3 is 2.93 bits per heavy atom. The summed E-state index contributed by atoms with van der Waals surface area (Å²) < 4.78 is 3.61. The van der Waals surface area contributed by atoms with Crippen LogP contribution < -0.4 is 5.32 Å². The van der Waals surface area contributed by atoms with E-state index < -0.39 is 0 Å². The number of rotatable bonds is 2. The topological polar surface area (TPSA) is 74.5 Å². The lowest BCUT2D eigenvalue weighted by Crippen LogP contribution is -1.92. The van der Waals surface area contributed by atoms with E-state index in [0.717, 1.165) is 11.5 Å². The van der Waals surface area contributed by atoms with Crippen LogP contribution in [0.1, 0.15) is 5.56 Å². The van der Waals surface area contributed by atoms with E-state index in [2.05, 4.69) is 26.2 Å². The van der Waals surface area contributed by atoms with Gasteiger partial charge in [-0.3, -0.25) is 0 Å². The SMILES string of the molecule is N#Cc1ccccc1Nc1nnns1. The summed E-state index contributed by atoms with van der Waals surface area (Å²) in [6, 6.07) is 9.27. The quantitative estimate of drug-likeness (QED) is 0.801. The Labute approximate surface area is 84.2 Å². The molecule has 0 saturated carbocycles. The van der Waals surface area contributed by atoms with Crippen LogP contribution in [0.4, 0.5) is 10.8 Å². The molecule has 0 amide bonds. The molecule has 68 valence electrons. The number of benzene rings is 1. The van der Waals surface area contributed by atoms with Gasteiger partial charge >= 0.3 is 0 Å².